The van der Waals surface area contributed by atoms with Gasteiger partial charge in [-0.3, -0.25) is 9.59 Å². The van der Waals surface area contributed by atoms with Crippen molar-refractivity contribution in [2.24, 2.45) is 11.8 Å². The lowest BCUT2D eigenvalue weighted by Gasteiger charge is -2.27. The lowest BCUT2D eigenvalue weighted by atomic mass is 9.85. The fraction of sp³-hybridized carbons (Fsp3) is 0.889. The van der Waals surface area contributed by atoms with Gasteiger partial charge in [0, 0.05) is 38.5 Å². The van der Waals surface area contributed by atoms with Crippen molar-refractivity contribution in [1.29, 1.82) is 0 Å². The van der Waals surface area contributed by atoms with E-state index in [0.29, 0.717) is 38.7 Å². The summed E-state index contributed by atoms with van der Waals surface area (Å²) in [5.41, 5.74) is 0. The summed E-state index contributed by atoms with van der Waals surface area (Å²) >= 11 is 0. The zero-order valence-corrected chi connectivity index (χ0v) is 15.1. The van der Waals surface area contributed by atoms with Crippen molar-refractivity contribution in [2.75, 3.05) is 6.61 Å². The van der Waals surface area contributed by atoms with Gasteiger partial charge in [0.05, 0.1) is 6.61 Å². The fourth-order valence-corrected chi connectivity index (χ4v) is 3.31. The molecule has 152 valence electrons. The van der Waals surface area contributed by atoms with Gasteiger partial charge in [0.15, 0.2) is 0 Å². The summed E-state index contributed by atoms with van der Waals surface area (Å²) in [6, 6.07) is 0. The van der Waals surface area contributed by atoms with Crippen molar-refractivity contribution in [1.82, 2.24) is 0 Å². The van der Waals surface area contributed by atoms with Crippen LogP contribution >= 0.6 is 0 Å². The van der Waals surface area contributed by atoms with E-state index >= 15 is 0 Å². The molecule has 8 heteroatoms. The molecule has 0 atom stereocenters. The number of halogens is 4. The average molecular weight is 384 g/mol. The Morgan fingerprint density at radius 3 is 1.62 bits per heavy atom. The molecule has 0 aliphatic heterocycles. The largest absolute Gasteiger partial charge is 0.481 e. The standard InChI is InChI=1S/C10H16F2O2.C8H12F2O2/c1-2-14-9(13)7-8-3-5-10(11,12)6-4-8;9-8(10)3-1-6(2-4-8)5-7(11)12/h8H,2-7H2,1H3;6H,1-5H2,(H,11,12). The van der Waals surface area contributed by atoms with E-state index in [0.717, 1.165) is 0 Å². The lowest BCUT2D eigenvalue weighted by molar-refractivity contribution is -0.145. The number of carbonyl (C=O) groups excluding carboxylic acids is 1. The highest BCUT2D eigenvalue weighted by Gasteiger charge is 2.36. The van der Waals surface area contributed by atoms with E-state index in [2.05, 4.69) is 0 Å². The normalized spacial score (nSPS) is 22.8. The van der Waals surface area contributed by atoms with Crippen LogP contribution in [0.3, 0.4) is 0 Å². The van der Waals surface area contributed by atoms with Crippen LogP contribution in [0.5, 0.6) is 0 Å². The second kappa shape index (κ2) is 10.1. The van der Waals surface area contributed by atoms with Crippen molar-refractivity contribution < 1.29 is 37.0 Å². The molecule has 0 aromatic heterocycles. The van der Waals surface area contributed by atoms with Crippen LogP contribution in [0.2, 0.25) is 0 Å². The number of aliphatic carboxylic acids is 1. The number of carboxylic acids is 1. The molecule has 0 spiro atoms. The zero-order chi connectivity index (χ0) is 19.8. The van der Waals surface area contributed by atoms with Gasteiger partial charge in [0.1, 0.15) is 0 Å². The summed E-state index contributed by atoms with van der Waals surface area (Å²) in [4.78, 5) is 21.3. The van der Waals surface area contributed by atoms with Gasteiger partial charge < -0.3 is 9.84 Å². The molecular formula is C18H28F4O4. The fourth-order valence-electron chi connectivity index (χ4n) is 3.31. The van der Waals surface area contributed by atoms with Gasteiger partial charge in [-0.15, -0.1) is 0 Å². The summed E-state index contributed by atoms with van der Waals surface area (Å²) < 4.78 is 55.4. The summed E-state index contributed by atoms with van der Waals surface area (Å²) in [7, 11) is 0. The molecule has 2 rings (SSSR count). The van der Waals surface area contributed by atoms with Crippen LogP contribution in [0.4, 0.5) is 17.6 Å². The van der Waals surface area contributed by atoms with E-state index < -0.39 is 17.8 Å². The van der Waals surface area contributed by atoms with Crippen LogP contribution in [0.15, 0.2) is 0 Å². The molecule has 2 aliphatic rings. The van der Waals surface area contributed by atoms with Crippen molar-refractivity contribution in [3.8, 4) is 0 Å². The van der Waals surface area contributed by atoms with Crippen LogP contribution in [-0.4, -0.2) is 35.5 Å². The van der Waals surface area contributed by atoms with Gasteiger partial charge in [0.2, 0.25) is 11.8 Å². The van der Waals surface area contributed by atoms with Crippen LogP contribution in [0, 0.1) is 11.8 Å². The molecule has 0 unspecified atom stereocenters. The Hall–Kier alpha value is -1.34. The average Bonchev–Trinajstić information content (AvgIpc) is 2.52. The molecule has 0 heterocycles. The van der Waals surface area contributed by atoms with Crippen LogP contribution < -0.4 is 0 Å². The Kier molecular flexibility index (Phi) is 8.83. The first-order valence-corrected chi connectivity index (χ1v) is 9.16. The van der Waals surface area contributed by atoms with E-state index in [-0.39, 0.29) is 49.9 Å². The van der Waals surface area contributed by atoms with Gasteiger partial charge in [-0.05, 0) is 44.4 Å². The number of esters is 1. The second-order valence-electron chi connectivity index (χ2n) is 7.21. The van der Waals surface area contributed by atoms with Crippen molar-refractivity contribution >= 4 is 11.9 Å². The van der Waals surface area contributed by atoms with E-state index in [4.69, 9.17) is 9.84 Å². The smallest absolute Gasteiger partial charge is 0.306 e. The maximum atomic E-state index is 12.7. The molecular weight excluding hydrogens is 356 g/mol. The Labute approximate surface area is 151 Å². The van der Waals surface area contributed by atoms with Crippen molar-refractivity contribution in [3.05, 3.63) is 0 Å². The third kappa shape index (κ3) is 9.38. The molecule has 0 aromatic carbocycles. The molecule has 26 heavy (non-hydrogen) atoms. The van der Waals surface area contributed by atoms with Gasteiger partial charge in [-0.2, -0.15) is 0 Å². The molecule has 4 nitrogen and oxygen atoms in total. The molecule has 0 bridgehead atoms. The maximum Gasteiger partial charge on any atom is 0.306 e. The maximum absolute atomic E-state index is 12.7. The molecule has 0 radical (unpaired) electrons. The molecule has 2 fully saturated rings. The number of alkyl halides is 4. The summed E-state index contributed by atoms with van der Waals surface area (Å²) in [6.07, 6.45) is 1.43. The summed E-state index contributed by atoms with van der Waals surface area (Å²) in [6.45, 7) is 2.11. The zero-order valence-electron chi connectivity index (χ0n) is 15.1. The van der Waals surface area contributed by atoms with Gasteiger partial charge >= 0.3 is 11.9 Å². The molecule has 1 N–H and O–H groups in total. The van der Waals surface area contributed by atoms with E-state index in [1.54, 1.807) is 6.92 Å². The lowest BCUT2D eigenvalue weighted by Crippen LogP contribution is -2.26. The molecule has 0 amide bonds. The van der Waals surface area contributed by atoms with Crippen LogP contribution in [-0.2, 0) is 14.3 Å². The minimum absolute atomic E-state index is 0.0378. The van der Waals surface area contributed by atoms with Crippen molar-refractivity contribution in [2.45, 2.75) is 83.0 Å². The Bertz CT molecular complexity index is 448. The number of hydrogen-bond donors (Lipinski definition) is 1. The SMILES string of the molecule is CCOC(=O)CC1CCC(F)(F)CC1.O=C(O)CC1CCC(F)(F)CC1. The van der Waals surface area contributed by atoms with E-state index in [1.165, 1.54) is 0 Å². The highest BCUT2D eigenvalue weighted by molar-refractivity contribution is 5.69. The quantitative estimate of drug-likeness (QED) is 0.532. The number of hydrogen-bond acceptors (Lipinski definition) is 3. The summed E-state index contributed by atoms with van der Waals surface area (Å²) in [5.74, 6) is -6.15. The van der Waals surface area contributed by atoms with Gasteiger partial charge in [0.25, 0.3) is 0 Å². The van der Waals surface area contributed by atoms with Crippen LogP contribution in [0.25, 0.3) is 0 Å². The second-order valence-corrected chi connectivity index (χ2v) is 7.21. The molecule has 0 aromatic rings. The number of carbonyl (C=O) groups is 2. The number of carboxylic acid groups (broad SMARTS) is 1. The molecule has 2 aliphatic carbocycles. The highest BCUT2D eigenvalue weighted by Crippen LogP contribution is 2.38. The van der Waals surface area contributed by atoms with Gasteiger partial charge in [-0.1, -0.05) is 0 Å². The van der Waals surface area contributed by atoms with E-state index in [1.807, 2.05) is 0 Å². The summed E-state index contributed by atoms with van der Waals surface area (Å²) in [5, 5.41) is 8.41. The third-order valence-corrected chi connectivity index (χ3v) is 4.90. The molecule has 0 saturated heterocycles. The van der Waals surface area contributed by atoms with E-state index in [9.17, 15) is 27.2 Å². The predicted octanol–water partition coefficient (Wildman–Crippen LogP) is 5.05. The third-order valence-electron chi connectivity index (χ3n) is 4.90. The van der Waals surface area contributed by atoms with Crippen molar-refractivity contribution in [3.63, 3.8) is 0 Å². The predicted molar refractivity (Wildman–Crippen MR) is 87.3 cm³/mol. The van der Waals surface area contributed by atoms with Gasteiger partial charge in [-0.25, -0.2) is 17.6 Å². The minimum atomic E-state index is -2.55. The monoisotopic (exact) mass is 384 g/mol. The minimum Gasteiger partial charge on any atom is -0.481 e. The Morgan fingerprint density at radius 1 is 0.885 bits per heavy atom. The first-order chi connectivity index (χ1) is 12.0. The Morgan fingerprint density at radius 2 is 1.27 bits per heavy atom. The topological polar surface area (TPSA) is 63.6 Å². The number of ether oxygens (including phenoxy) is 1. The first kappa shape index (κ1) is 22.7. The first-order valence-electron chi connectivity index (χ1n) is 9.16. The molecule has 2 saturated carbocycles. The number of rotatable bonds is 5. The van der Waals surface area contributed by atoms with Crippen LogP contribution in [0.1, 0.15) is 71.1 Å². The Balaban J connectivity index is 0.000000263. The highest BCUT2D eigenvalue weighted by atomic mass is 19.3.